The lowest BCUT2D eigenvalue weighted by molar-refractivity contribution is -0.121. The van der Waals surface area contributed by atoms with Gasteiger partial charge in [-0.2, -0.15) is 0 Å². The fourth-order valence-electron chi connectivity index (χ4n) is 2.13. The minimum atomic E-state index is -0.334. The molecule has 126 valence electrons. The maximum Gasteiger partial charge on any atom is 0.319 e. The molecule has 0 heterocycles. The Balaban J connectivity index is 1.69. The van der Waals surface area contributed by atoms with Crippen LogP contribution in [-0.4, -0.2) is 18.5 Å². The number of hydrogen-bond acceptors (Lipinski definition) is 2. The van der Waals surface area contributed by atoms with Crippen LogP contribution in [0.1, 0.15) is 24.9 Å². The van der Waals surface area contributed by atoms with Gasteiger partial charge in [0.25, 0.3) is 0 Å². The van der Waals surface area contributed by atoms with Gasteiger partial charge in [-0.1, -0.05) is 41.9 Å². The predicted molar refractivity (Wildman–Crippen MR) is 96.1 cm³/mol. The molecule has 0 saturated carbocycles. The summed E-state index contributed by atoms with van der Waals surface area (Å²) in [6, 6.07) is 16.0. The summed E-state index contributed by atoms with van der Waals surface area (Å²) in [5.74, 6) is -0.127. The number of urea groups is 1. The van der Waals surface area contributed by atoms with Crippen molar-refractivity contribution in [3.05, 3.63) is 65.2 Å². The topological polar surface area (TPSA) is 70.2 Å². The van der Waals surface area contributed by atoms with Gasteiger partial charge < -0.3 is 16.0 Å². The normalized spacial score (nSPS) is 11.4. The van der Waals surface area contributed by atoms with Crippen molar-refractivity contribution < 1.29 is 9.59 Å². The second kappa shape index (κ2) is 8.93. The largest absolute Gasteiger partial charge is 0.350 e. The average molecular weight is 346 g/mol. The van der Waals surface area contributed by atoms with E-state index in [0.717, 1.165) is 5.56 Å². The first-order chi connectivity index (χ1) is 11.5. The number of rotatable bonds is 6. The van der Waals surface area contributed by atoms with Crippen molar-refractivity contribution in [3.8, 4) is 0 Å². The zero-order chi connectivity index (χ0) is 17.4. The molecule has 0 radical (unpaired) electrons. The molecule has 0 spiro atoms. The highest BCUT2D eigenvalue weighted by Crippen LogP contribution is 2.15. The number of nitrogens with one attached hydrogen (secondary N) is 3. The zero-order valence-corrected chi connectivity index (χ0v) is 14.1. The summed E-state index contributed by atoms with van der Waals surface area (Å²) in [6.45, 7) is 2.16. The predicted octanol–water partition coefficient (Wildman–Crippen LogP) is 3.73. The number of carbonyl (C=O) groups excluding carboxylic acids is 2. The molecule has 0 fully saturated rings. The van der Waals surface area contributed by atoms with E-state index in [0.29, 0.717) is 10.7 Å². The van der Waals surface area contributed by atoms with E-state index in [9.17, 15) is 9.59 Å². The fourth-order valence-corrected chi connectivity index (χ4v) is 2.26. The van der Waals surface area contributed by atoms with Gasteiger partial charge in [-0.3, -0.25) is 4.79 Å². The van der Waals surface area contributed by atoms with Crippen LogP contribution >= 0.6 is 11.6 Å². The van der Waals surface area contributed by atoms with E-state index in [1.54, 1.807) is 24.3 Å². The number of para-hydroxylation sites is 1. The van der Waals surface area contributed by atoms with Crippen LogP contribution in [0.4, 0.5) is 10.5 Å². The van der Waals surface area contributed by atoms with E-state index in [-0.39, 0.29) is 30.9 Å². The Morgan fingerprint density at radius 3 is 2.38 bits per heavy atom. The molecule has 0 aromatic heterocycles. The number of hydrogen-bond donors (Lipinski definition) is 3. The van der Waals surface area contributed by atoms with Crippen LogP contribution in [0.2, 0.25) is 5.02 Å². The van der Waals surface area contributed by atoms with E-state index >= 15 is 0 Å². The van der Waals surface area contributed by atoms with Gasteiger partial charge in [0.05, 0.1) is 6.04 Å². The molecule has 3 amide bonds. The Hall–Kier alpha value is -2.53. The summed E-state index contributed by atoms with van der Waals surface area (Å²) in [6.07, 6.45) is 0.208. The van der Waals surface area contributed by atoms with Crippen molar-refractivity contribution in [2.45, 2.75) is 19.4 Å². The zero-order valence-electron chi connectivity index (χ0n) is 13.4. The summed E-state index contributed by atoms with van der Waals surface area (Å²) in [7, 11) is 0. The van der Waals surface area contributed by atoms with Gasteiger partial charge in [-0.15, -0.1) is 0 Å². The van der Waals surface area contributed by atoms with Crippen LogP contribution < -0.4 is 16.0 Å². The molecule has 6 heteroatoms. The second-order valence-corrected chi connectivity index (χ2v) is 5.77. The van der Waals surface area contributed by atoms with E-state index in [1.165, 1.54) is 0 Å². The Labute approximate surface area is 146 Å². The maximum absolute atomic E-state index is 11.9. The van der Waals surface area contributed by atoms with Gasteiger partial charge in [-0.05, 0) is 36.8 Å². The molecule has 5 nitrogen and oxygen atoms in total. The first kappa shape index (κ1) is 17.8. The number of anilines is 1. The van der Waals surface area contributed by atoms with Gasteiger partial charge in [0.15, 0.2) is 0 Å². The van der Waals surface area contributed by atoms with Crippen molar-refractivity contribution in [3.63, 3.8) is 0 Å². The summed E-state index contributed by atoms with van der Waals surface area (Å²) in [5.41, 5.74) is 1.68. The minimum Gasteiger partial charge on any atom is -0.350 e. The third-order valence-corrected chi connectivity index (χ3v) is 3.67. The molecular weight excluding hydrogens is 326 g/mol. The molecular formula is C18H20ClN3O2. The van der Waals surface area contributed by atoms with E-state index in [2.05, 4.69) is 16.0 Å². The van der Waals surface area contributed by atoms with Crippen LogP contribution in [0.3, 0.4) is 0 Å². The van der Waals surface area contributed by atoms with Crippen molar-refractivity contribution in [1.29, 1.82) is 0 Å². The highest BCUT2D eigenvalue weighted by atomic mass is 35.5. The summed E-state index contributed by atoms with van der Waals surface area (Å²) >= 11 is 5.84. The summed E-state index contributed by atoms with van der Waals surface area (Å²) in [4.78, 5) is 23.6. The first-order valence-corrected chi connectivity index (χ1v) is 8.07. The van der Waals surface area contributed by atoms with Crippen LogP contribution in [0.15, 0.2) is 54.6 Å². The molecule has 0 aliphatic carbocycles. The fraction of sp³-hybridized carbons (Fsp3) is 0.222. The molecule has 0 unspecified atom stereocenters. The second-order valence-electron chi connectivity index (χ2n) is 5.34. The average Bonchev–Trinajstić information content (AvgIpc) is 2.56. The molecule has 2 aromatic rings. The van der Waals surface area contributed by atoms with Gasteiger partial charge in [0, 0.05) is 23.7 Å². The van der Waals surface area contributed by atoms with Crippen molar-refractivity contribution in [2.24, 2.45) is 0 Å². The Bertz CT molecular complexity index is 674. The smallest absolute Gasteiger partial charge is 0.319 e. The number of carbonyl (C=O) groups is 2. The minimum absolute atomic E-state index is 0.118. The van der Waals surface area contributed by atoms with Gasteiger partial charge >= 0.3 is 6.03 Å². The van der Waals surface area contributed by atoms with Crippen LogP contribution in [-0.2, 0) is 4.79 Å². The lowest BCUT2D eigenvalue weighted by Crippen LogP contribution is -2.34. The molecule has 24 heavy (non-hydrogen) atoms. The Morgan fingerprint density at radius 2 is 1.71 bits per heavy atom. The van der Waals surface area contributed by atoms with E-state index in [4.69, 9.17) is 11.6 Å². The number of amides is 3. The highest BCUT2D eigenvalue weighted by Gasteiger charge is 2.10. The molecule has 1 atom stereocenters. The molecule has 0 aliphatic heterocycles. The molecule has 0 aliphatic rings. The first-order valence-electron chi connectivity index (χ1n) is 7.69. The molecule has 0 saturated heterocycles. The SMILES string of the molecule is C[C@@H](NC(=O)CCNC(=O)Nc1ccccc1)c1ccc(Cl)cc1. The lowest BCUT2D eigenvalue weighted by atomic mass is 10.1. The Morgan fingerprint density at radius 1 is 1.04 bits per heavy atom. The summed E-state index contributed by atoms with van der Waals surface area (Å²) < 4.78 is 0. The van der Waals surface area contributed by atoms with Crippen molar-refractivity contribution in [2.75, 3.05) is 11.9 Å². The Kier molecular flexibility index (Phi) is 6.63. The maximum atomic E-state index is 11.9. The lowest BCUT2D eigenvalue weighted by Gasteiger charge is -2.14. The van der Waals surface area contributed by atoms with Gasteiger partial charge in [-0.25, -0.2) is 4.79 Å². The third-order valence-electron chi connectivity index (χ3n) is 3.42. The molecule has 2 aromatic carbocycles. The monoisotopic (exact) mass is 345 g/mol. The highest BCUT2D eigenvalue weighted by molar-refractivity contribution is 6.30. The molecule has 0 bridgehead atoms. The molecule has 3 N–H and O–H groups in total. The number of halogens is 1. The van der Waals surface area contributed by atoms with Crippen molar-refractivity contribution in [1.82, 2.24) is 10.6 Å². The third kappa shape index (κ3) is 5.93. The summed E-state index contributed by atoms with van der Waals surface area (Å²) in [5, 5.41) is 8.89. The van der Waals surface area contributed by atoms with Gasteiger partial charge in [0.1, 0.15) is 0 Å². The standard InChI is InChI=1S/C18H20ClN3O2/c1-13(14-7-9-15(19)10-8-14)21-17(23)11-12-20-18(24)22-16-5-3-2-4-6-16/h2-10,13H,11-12H2,1H3,(H,21,23)(H2,20,22,24)/t13-/m1/s1. The van der Waals surface area contributed by atoms with E-state index < -0.39 is 0 Å². The van der Waals surface area contributed by atoms with Crippen LogP contribution in [0.5, 0.6) is 0 Å². The van der Waals surface area contributed by atoms with Crippen LogP contribution in [0, 0.1) is 0 Å². The van der Waals surface area contributed by atoms with Gasteiger partial charge in [0.2, 0.25) is 5.91 Å². The van der Waals surface area contributed by atoms with E-state index in [1.807, 2.05) is 37.3 Å². The number of benzene rings is 2. The van der Waals surface area contributed by atoms with Crippen molar-refractivity contribution >= 4 is 29.2 Å². The van der Waals surface area contributed by atoms with Crippen LogP contribution in [0.25, 0.3) is 0 Å². The molecule has 2 rings (SSSR count). The quantitative estimate of drug-likeness (QED) is 0.746.